The summed E-state index contributed by atoms with van der Waals surface area (Å²) in [5.74, 6) is -0.315. The summed E-state index contributed by atoms with van der Waals surface area (Å²) in [5, 5.41) is 4.56. The van der Waals surface area contributed by atoms with Crippen molar-refractivity contribution in [2.75, 3.05) is 13.1 Å². The number of carbonyl (C=O) groups is 2. The molecule has 19 heavy (non-hydrogen) atoms. The summed E-state index contributed by atoms with van der Waals surface area (Å²) in [6.07, 6.45) is 2.30. The molecule has 0 spiro atoms. The van der Waals surface area contributed by atoms with Crippen LogP contribution in [0.5, 0.6) is 0 Å². The van der Waals surface area contributed by atoms with Crippen molar-refractivity contribution in [3.05, 3.63) is 0 Å². The molecular weight excluding hydrogens is 282 g/mol. The predicted molar refractivity (Wildman–Crippen MR) is 82.3 cm³/mol. The molecule has 108 valence electrons. The van der Waals surface area contributed by atoms with Crippen LogP contribution < -0.4 is 10.6 Å². The Morgan fingerprint density at radius 2 is 1.79 bits per heavy atom. The van der Waals surface area contributed by atoms with E-state index in [0.29, 0.717) is 0 Å². The number of carbonyl (C=O) groups excluding carboxylic acids is 2. The minimum atomic E-state index is -0.459. The number of amides is 3. The molecule has 0 aromatic carbocycles. The molecule has 1 fully saturated rings. The average molecular weight is 303 g/mol. The van der Waals surface area contributed by atoms with Crippen LogP contribution in [0.15, 0.2) is 0 Å². The van der Waals surface area contributed by atoms with E-state index < -0.39 is 6.03 Å². The summed E-state index contributed by atoms with van der Waals surface area (Å²) in [6.45, 7) is 7.36. The molecule has 0 aromatic heterocycles. The van der Waals surface area contributed by atoms with E-state index in [4.69, 9.17) is 12.2 Å². The first-order chi connectivity index (χ1) is 8.90. The molecule has 1 heterocycles. The molecule has 0 unspecified atom stereocenters. The van der Waals surface area contributed by atoms with Crippen molar-refractivity contribution in [3.63, 3.8) is 0 Å². The van der Waals surface area contributed by atoms with Crippen molar-refractivity contribution in [2.24, 2.45) is 0 Å². The van der Waals surface area contributed by atoms with Gasteiger partial charge in [-0.1, -0.05) is 24.0 Å². The van der Waals surface area contributed by atoms with Crippen LogP contribution in [-0.4, -0.2) is 45.5 Å². The van der Waals surface area contributed by atoms with Gasteiger partial charge in [0.2, 0.25) is 5.91 Å². The SMILES string of the molecule is CC(C)NC(=O)NC(=O)[C@@H](C)SC(=S)N1CCCC1. The lowest BCUT2D eigenvalue weighted by Crippen LogP contribution is -2.45. The van der Waals surface area contributed by atoms with Crippen LogP contribution in [0.3, 0.4) is 0 Å². The van der Waals surface area contributed by atoms with Gasteiger partial charge in [-0.15, -0.1) is 0 Å². The maximum Gasteiger partial charge on any atom is 0.321 e. The van der Waals surface area contributed by atoms with E-state index >= 15 is 0 Å². The van der Waals surface area contributed by atoms with Crippen molar-refractivity contribution >= 4 is 40.2 Å². The van der Waals surface area contributed by atoms with E-state index in [0.717, 1.165) is 30.3 Å². The van der Waals surface area contributed by atoms with Gasteiger partial charge in [0, 0.05) is 19.1 Å². The quantitative estimate of drug-likeness (QED) is 0.778. The van der Waals surface area contributed by atoms with E-state index in [1.54, 1.807) is 6.92 Å². The number of urea groups is 1. The minimum Gasteiger partial charge on any atom is -0.358 e. The van der Waals surface area contributed by atoms with Gasteiger partial charge in [-0.2, -0.15) is 0 Å². The van der Waals surface area contributed by atoms with Gasteiger partial charge in [0.1, 0.15) is 4.32 Å². The third-order valence-electron chi connectivity index (χ3n) is 2.67. The number of thioether (sulfide) groups is 1. The van der Waals surface area contributed by atoms with Crippen molar-refractivity contribution in [2.45, 2.75) is 44.9 Å². The predicted octanol–water partition coefficient (Wildman–Crippen LogP) is 1.72. The van der Waals surface area contributed by atoms with Gasteiger partial charge in [-0.3, -0.25) is 10.1 Å². The van der Waals surface area contributed by atoms with Gasteiger partial charge in [-0.05, 0) is 33.6 Å². The summed E-state index contributed by atoms with van der Waals surface area (Å²) < 4.78 is 0.740. The van der Waals surface area contributed by atoms with Crippen molar-refractivity contribution in [1.82, 2.24) is 15.5 Å². The first-order valence-electron chi connectivity index (χ1n) is 6.47. The number of hydrogen-bond donors (Lipinski definition) is 2. The highest BCUT2D eigenvalue weighted by molar-refractivity contribution is 8.23. The maximum atomic E-state index is 11.8. The number of rotatable bonds is 3. The normalized spacial score (nSPS) is 16.3. The molecule has 7 heteroatoms. The summed E-state index contributed by atoms with van der Waals surface area (Å²) in [5.41, 5.74) is 0. The van der Waals surface area contributed by atoms with Gasteiger partial charge in [0.15, 0.2) is 0 Å². The zero-order chi connectivity index (χ0) is 14.4. The standard InChI is InChI=1S/C12H21N3O2S2/c1-8(2)13-11(17)14-10(16)9(3)19-12(18)15-6-4-5-7-15/h8-9H,4-7H2,1-3H3,(H2,13,14,16,17)/t9-/m1/s1. The highest BCUT2D eigenvalue weighted by Crippen LogP contribution is 2.20. The van der Waals surface area contributed by atoms with Gasteiger partial charge in [-0.25, -0.2) is 4.79 Å². The van der Waals surface area contributed by atoms with Crippen molar-refractivity contribution in [3.8, 4) is 0 Å². The van der Waals surface area contributed by atoms with Crippen LogP contribution in [0, 0.1) is 0 Å². The van der Waals surface area contributed by atoms with E-state index in [1.807, 2.05) is 13.8 Å². The smallest absolute Gasteiger partial charge is 0.321 e. The molecule has 0 radical (unpaired) electrons. The fourth-order valence-electron chi connectivity index (χ4n) is 1.69. The molecular formula is C12H21N3O2S2. The number of hydrogen-bond acceptors (Lipinski definition) is 4. The Morgan fingerprint density at radius 1 is 1.21 bits per heavy atom. The molecule has 1 aliphatic heterocycles. The third-order valence-corrected chi connectivity index (χ3v) is 4.24. The van der Waals surface area contributed by atoms with Gasteiger partial charge < -0.3 is 10.2 Å². The highest BCUT2D eigenvalue weighted by Gasteiger charge is 2.22. The zero-order valence-electron chi connectivity index (χ0n) is 11.6. The second-order valence-corrected chi connectivity index (χ2v) is 6.81. The van der Waals surface area contributed by atoms with Crippen molar-refractivity contribution in [1.29, 1.82) is 0 Å². The highest BCUT2D eigenvalue weighted by atomic mass is 32.2. The second kappa shape index (κ2) is 7.69. The molecule has 5 nitrogen and oxygen atoms in total. The molecule has 3 amide bonds. The van der Waals surface area contributed by atoms with E-state index in [-0.39, 0.29) is 17.2 Å². The summed E-state index contributed by atoms with van der Waals surface area (Å²) in [4.78, 5) is 25.3. The summed E-state index contributed by atoms with van der Waals surface area (Å²) in [7, 11) is 0. The molecule has 1 aliphatic rings. The molecule has 0 aliphatic carbocycles. The fraction of sp³-hybridized carbons (Fsp3) is 0.750. The molecule has 0 aromatic rings. The van der Waals surface area contributed by atoms with E-state index in [1.165, 1.54) is 11.8 Å². The van der Waals surface area contributed by atoms with Crippen LogP contribution in [0.2, 0.25) is 0 Å². The topological polar surface area (TPSA) is 61.4 Å². The first kappa shape index (κ1) is 16.2. The van der Waals surface area contributed by atoms with Crippen LogP contribution in [0.1, 0.15) is 33.6 Å². The molecule has 1 rings (SSSR count). The van der Waals surface area contributed by atoms with Gasteiger partial charge in [0.25, 0.3) is 0 Å². The number of nitrogens with zero attached hydrogens (tertiary/aromatic N) is 1. The van der Waals surface area contributed by atoms with Gasteiger partial charge >= 0.3 is 6.03 Å². The summed E-state index contributed by atoms with van der Waals surface area (Å²) in [6, 6.07) is -0.457. The Kier molecular flexibility index (Phi) is 6.57. The molecule has 1 atom stereocenters. The Bertz CT molecular complexity index is 355. The Hall–Kier alpha value is -0.820. The Labute approximate surface area is 123 Å². The monoisotopic (exact) mass is 303 g/mol. The first-order valence-corrected chi connectivity index (χ1v) is 7.76. The number of nitrogens with one attached hydrogen (secondary N) is 2. The average Bonchev–Trinajstić information content (AvgIpc) is 2.80. The number of imide groups is 1. The van der Waals surface area contributed by atoms with E-state index in [2.05, 4.69) is 15.5 Å². The van der Waals surface area contributed by atoms with Crippen LogP contribution >= 0.6 is 24.0 Å². The van der Waals surface area contributed by atoms with Crippen LogP contribution in [0.4, 0.5) is 4.79 Å². The largest absolute Gasteiger partial charge is 0.358 e. The molecule has 2 N–H and O–H groups in total. The molecule has 0 saturated carbocycles. The van der Waals surface area contributed by atoms with Crippen molar-refractivity contribution < 1.29 is 9.59 Å². The lowest BCUT2D eigenvalue weighted by atomic mass is 10.4. The minimum absolute atomic E-state index is 0.00133. The lowest BCUT2D eigenvalue weighted by Gasteiger charge is -2.20. The number of thiocarbonyl (C=S) groups is 1. The maximum absolute atomic E-state index is 11.8. The van der Waals surface area contributed by atoms with E-state index in [9.17, 15) is 9.59 Å². The van der Waals surface area contributed by atoms with Crippen LogP contribution in [0.25, 0.3) is 0 Å². The summed E-state index contributed by atoms with van der Waals surface area (Å²) >= 11 is 6.63. The second-order valence-electron chi connectivity index (χ2n) is 4.84. The van der Waals surface area contributed by atoms with Crippen LogP contribution in [-0.2, 0) is 4.79 Å². The Morgan fingerprint density at radius 3 is 2.32 bits per heavy atom. The molecule has 1 saturated heterocycles. The number of likely N-dealkylation sites (tertiary alicyclic amines) is 1. The molecule has 0 bridgehead atoms. The third kappa shape index (κ3) is 5.78. The Balaban J connectivity index is 2.35. The fourth-order valence-corrected chi connectivity index (χ4v) is 3.11. The zero-order valence-corrected chi connectivity index (χ0v) is 13.2. The lowest BCUT2D eigenvalue weighted by molar-refractivity contribution is -0.119. The van der Waals surface area contributed by atoms with Gasteiger partial charge in [0.05, 0.1) is 5.25 Å².